The number of ether oxygens (including phenoxy) is 1. The van der Waals surface area contributed by atoms with E-state index < -0.39 is 6.10 Å². The monoisotopic (exact) mass is 233 g/mol. The Morgan fingerprint density at radius 2 is 2.24 bits per heavy atom. The van der Waals surface area contributed by atoms with Crippen molar-refractivity contribution < 1.29 is 9.84 Å². The lowest BCUT2D eigenvalue weighted by Gasteiger charge is -2.25. The molecule has 0 bridgehead atoms. The van der Waals surface area contributed by atoms with E-state index in [2.05, 4.69) is 5.92 Å². The smallest absolute Gasteiger partial charge is 0.126 e. The van der Waals surface area contributed by atoms with Gasteiger partial charge in [-0.15, -0.1) is 6.42 Å². The Morgan fingerprint density at radius 3 is 2.71 bits per heavy atom. The maximum atomic E-state index is 9.87. The minimum atomic E-state index is -0.590. The van der Waals surface area contributed by atoms with E-state index in [1.807, 2.05) is 30.0 Å². The van der Waals surface area contributed by atoms with Gasteiger partial charge in [0.2, 0.25) is 0 Å². The minimum Gasteiger partial charge on any atom is -0.496 e. The Morgan fingerprint density at radius 1 is 1.53 bits per heavy atom. The summed E-state index contributed by atoms with van der Waals surface area (Å²) in [6.07, 6.45) is 4.76. The van der Waals surface area contributed by atoms with Gasteiger partial charge in [0.05, 0.1) is 19.8 Å². The number of methoxy groups -OCH3 is 1. The van der Waals surface area contributed by atoms with E-state index in [9.17, 15) is 5.11 Å². The largest absolute Gasteiger partial charge is 0.496 e. The number of rotatable bonds is 5. The highest BCUT2D eigenvalue weighted by atomic mass is 16.5. The first-order valence-corrected chi connectivity index (χ1v) is 5.69. The molecule has 0 fully saturated rings. The summed E-state index contributed by atoms with van der Waals surface area (Å²) in [5, 5.41) is 9.87. The highest BCUT2D eigenvalue weighted by Crippen LogP contribution is 2.34. The van der Waals surface area contributed by atoms with Crippen LogP contribution in [0.25, 0.3) is 0 Å². The molecule has 0 aliphatic carbocycles. The Bertz CT molecular complexity index is 407. The summed E-state index contributed by atoms with van der Waals surface area (Å²) < 4.78 is 5.28. The van der Waals surface area contributed by atoms with E-state index in [0.717, 1.165) is 17.8 Å². The fourth-order valence-electron chi connectivity index (χ4n) is 1.88. The van der Waals surface area contributed by atoms with Gasteiger partial charge in [-0.3, -0.25) is 0 Å². The maximum Gasteiger partial charge on any atom is 0.126 e. The van der Waals surface area contributed by atoms with Gasteiger partial charge in [0.1, 0.15) is 5.75 Å². The highest BCUT2D eigenvalue weighted by molar-refractivity contribution is 5.60. The molecule has 92 valence electrons. The molecule has 1 N–H and O–H groups in total. The standard InChI is InChI=1S/C14H19NO2/c1-5-10-15(6-2)12-8-7-9-13(17-4)14(12)11(3)16/h1,7-9,11,16H,6,10H2,2-4H3/t11-/m1/s1. The van der Waals surface area contributed by atoms with Crippen LogP contribution in [0, 0.1) is 12.3 Å². The molecule has 0 amide bonds. The zero-order chi connectivity index (χ0) is 12.8. The quantitative estimate of drug-likeness (QED) is 0.791. The van der Waals surface area contributed by atoms with Crippen molar-refractivity contribution in [3.05, 3.63) is 23.8 Å². The summed E-state index contributed by atoms with van der Waals surface area (Å²) in [4.78, 5) is 2.03. The number of terminal acetylenes is 1. The van der Waals surface area contributed by atoms with Crippen LogP contribution in [0.2, 0.25) is 0 Å². The van der Waals surface area contributed by atoms with E-state index >= 15 is 0 Å². The molecule has 0 heterocycles. The van der Waals surface area contributed by atoms with Crippen LogP contribution in [-0.2, 0) is 0 Å². The number of anilines is 1. The SMILES string of the molecule is C#CCN(CC)c1cccc(OC)c1[C@@H](C)O. The zero-order valence-corrected chi connectivity index (χ0v) is 10.6. The summed E-state index contributed by atoms with van der Waals surface area (Å²) in [5.74, 6) is 3.31. The third-order valence-corrected chi connectivity index (χ3v) is 2.69. The molecular formula is C14H19NO2. The van der Waals surface area contributed by atoms with E-state index in [4.69, 9.17) is 11.2 Å². The Labute approximate surface area is 103 Å². The van der Waals surface area contributed by atoms with Gasteiger partial charge >= 0.3 is 0 Å². The van der Waals surface area contributed by atoms with Gasteiger partial charge < -0.3 is 14.7 Å². The van der Waals surface area contributed by atoms with Crippen LogP contribution in [0.5, 0.6) is 5.75 Å². The van der Waals surface area contributed by atoms with E-state index in [1.165, 1.54) is 0 Å². The van der Waals surface area contributed by atoms with Crippen molar-refractivity contribution in [2.24, 2.45) is 0 Å². The summed E-state index contributed by atoms with van der Waals surface area (Å²) >= 11 is 0. The van der Waals surface area contributed by atoms with Crippen LogP contribution in [-0.4, -0.2) is 25.3 Å². The summed E-state index contributed by atoms with van der Waals surface area (Å²) in [5.41, 5.74) is 1.71. The van der Waals surface area contributed by atoms with Crippen LogP contribution in [0.1, 0.15) is 25.5 Å². The number of aliphatic hydroxyl groups excluding tert-OH is 1. The third kappa shape index (κ3) is 2.92. The Kier molecular flexibility index (Phi) is 4.86. The van der Waals surface area contributed by atoms with Crippen LogP contribution >= 0.6 is 0 Å². The van der Waals surface area contributed by atoms with Gasteiger partial charge in [-0.2, -0.15) is 0 Å². The van der Waals surface area contributed by atoms with Gasteiger partial charge in [0, 0.05) is 17.8 Å². The molecule has 1 aromatic rings. The first-order chi connectivity index (χ1) is 8.15. The van der Waals surface area contributed by atoms with Gasteiger partial charge in [0.25, 0.3) is 0 Å². The molecule has 0 saturated heterocycles. The van der Waals surface area contributed by atoms with Crippen LogP contribution < -0.4 is 9.64 Å². The van der Waals surface area contributed by atoms with Gasteiger partial charge in [-0.25, -0.2) is 0 Å². The second-order valence-electron chi connectivity index (χ2n) is 3.79. The van der Waals surface area contributed by atoms with Crippen LogP contribution in [0.4, 0.5) is 5.69 Å². The van der Waals surface area contributed by atoms with Gasteiger partial charge in [-0.1, -0.05) is 12.0 Å². The van der Waals surface area contributed by atoms with Crippen LogP contribution in [0.15, 0.2) is 18.2 Å². The number of benzene rings is 1. The fraction of sp³-hybridized carbons (Fsp3) is 0.429. The molecule has 3 nitrogen and oxygen atoms in total. The topological polar surface area (TPSA) is 32.7 Å². The number of nitrogens with zero attached hydrogens (tertiary/aromatic N) is 1. The highest BCUT2D eigenvalue weighted by Gasteiger charge is 2.17. The van der Waals surface area contributed by atoms with Crippen molar-refractivity contribution in [2.45, 2.75) is 20.0 Å². The van der Waals surface area contributed by atoms with Crippen molar-refractivity contribution in [1.82, 2.24) is 0 Å². The molecule has 0 aromatic heterocycles. The molecule has 0 saturated carbocycles. The molecule has 1 rings (SSSR count). The van der Waals surface area contributed by atoms with Crippen molar-refractivity contribution in [3.8, 4) is 18.1 Å². The lowest BCUT2D eigenvalue weighted by Crippen LogP contribution is -2.24. The van der Waals surface area contributed by atoms with E-state index in [1.54, 1.807) is 14.0 Å². The number of hydrogen-bond acceptors (Lipinski definition) is 3. The van der Waals surface area contributed by atoms with Crippen molar-refractivity contribution in [1.29, 1.82) is 0 Å². The van der Waals surface area contributed by atoms with Gasteiger partial charge in [0.15, 0.2) is 0 Å². The number of aliphatic hydroxyl groups is 1. The molecule has 3 heteroatoms. The van der Waals surface area contributed by atoms with Crippen molar-refractivity contribution in [3.63, 3.8) is 0 Å². The molecule has 0 spiro atoms. The first-order valence-electron chi connectivity index (χ1n) is 5.69. The molecule has 1 atom stereocenters. The summed E-state index contributed by atoms with van der Waals surface area (Å²) in [7, 11) is 1.60. The molecule has 0 radical (unpaired) electrons. The molecule has 17 heavy (non-hydrogen) atoms. The Balaban J connectivity index is 3.26. The fourth-order valence-corrected chi connectivity index (χ4v) is 1.88. The van der Waals surface area contributed by atoms with Crippen molar-refractivity contribution in [2.75, 3.05) is 25.1 Å². The molecule has 0 aliphatic rings. The Hall–Kier alpha value is -1.66. The zero-order valence-electron chi connectivity index (χ0n) is 10.6. The molecular weight excluding hydrogens is 214 g/mol. The predicted octanol–water partition coefficient (Wildman–Crippen LogP) is 2.21. The molecule has 0 unspecified atom stereocenters. The lowest BCUT2D eigenvalue weighted by molar-refractivity contribution is 0.194. The average Bonchev–Trinajstić information content (AvgIpc) is 2.34. The van der Waals surface area contributed by atoms with Crippen molar-refractivity contribution >= 4 is 5.69 Å². The van der Waals surface area contributed by atoms with E-state index in [-0.39, 0.29) is 0 Å². The first kappa shape index (κ1) is 13.4. The van der Waals surface area contributed by atoms with E-state index in [0.29, 0.717) is 12.3 Å². The summed E-state index contributed by atoms with van der Waals surface area (Å²) in [6.45, 7) is 5.06. The third-order valence-electron chi connectivity index (χ3n) is 2.69. The minimum absolute atomic E-state index is 0.517. The second-order valence-corrected chi connectivity index (χ2v) is 3.79. The molecule has 1 aromatic carbocycles. The molecule has 0 aliphatic heterocycles. The number of hydrogen-bond donors (Lipinski definition) is 1. The second kappa shape index (κ2) is 6.17. The normalized spacial score (nSPS) is 11.7. The lowest BCUT2D eigenvalue weighted by atomic mass is 10.1. The predicted molar refractivity (Wildman–Crippen MR) is 70.3 cm³/mol. The summed E-state index contributed by atoms with van der Waals surface area (Å²) in [6, 6.07) is 5.69. The average molecular weight is 233 g/mol. The van der Waals surface area contributed by atoms with Crippen LogP contribution in [0.3, 0.4) is 0 Å². The maximum absolute atomic E-state index is 9.87. The van der Waals surface area contributed by atoms with Gasteiger partial charge in [-0.05, 0) is 26.0 Å².